The lowest BCUT2D eigenvalue weighted by molar-refractivity contribution is 0.414. The maximum Gasteiger partial charge on any atom is 0.0794 e. The summed E-state index contributed by atoms with van der Waals surface area (Å²) in [5, 5.41) is 3.56. The number of thiophene rings is 1. The van der Waals surface area contributed by atoms with Crippen molar-refractivity contribution in [1.29, 1.82) is 0 Å². The molecule has 4 heteroatoms. The Labute approximate surface area is 127 Å². The van der Waals surface area contributed by atoms with Crippen LogP contribution < -0.4 is 0 Å². The summed E-state index contributed by atoms with van der Waals surface area (Å²) in [6.07, 6.45) is 2.07. The lowest BCUT2D eigenvalue weighted by Gasteiger charge is -2.09. The van der Waals surface area contributed by atoms with E-state index in [1.54, 1.807) is 11.3 Å². The van der Waals surface area contributed by atoms with Gasteiger partial charge in [0.25, 0.3) is 0 Å². The van der Waals surface area contributed by atoms with Crippen molar-refractivity contribution in [2.45, 2.75) is 12.8 Å². The first-order valence-electron chi connectivity index (χ1n) is 6.75. The average molecular weight is 302 g/mol. The SMILES string of the molecule is CN(C)CCc1sc2ccccc2c1Cc1cscn1. The highest BCUT2D eigenvalue weighted by Crippen LogP contribution is 2.33. The molecule has 0 aliphatic heterocycles. The number of rotatable bonds is 5. The third-order valence-corrected chi connectivity index (χ3v) is 5.32. The van der Waals surface area contributed by atoms with Crippen molar-refractivity contribution in [3.63, 3.8) is 0 Å². The Morgan fingerprint density at radius 2 is 2.05 bits per heavy atom. The van der Waals surface area contributed by atoms with Gasteiger partial charge in [0.1, 0.15) is 0 Å². The van der Waals surface area contributed by atoms with Crippen molar-refractivity contribution >= 4 is 32.8 Å². The van der Waals surface area contributed by atoms with E-state index in [4.69, 9.17) is 0 Å². The second kappa shape index (κ2) is 6.04. The van der Waals surface area contributed by atoms with E-state index in [2.05, 4.69) is 53.6 Å². The van der Waals surface area contributed by atoms with Crippen molar-refractivity contribution in [3.8, 4) is 0 Å². The molecule has 3 aromatic rings. The van der Waals surface area contributed by atoms with Crippen LogP contribution in [0.25, 0.3) is 10.1 Å². The van der Waals surface area contributed by atoms with Crippen LogP contribution in [0.3, 0.4) is 0 Å². The van der Waals surface area contributed by atoms with Gasteiger partial charge in [0, 0.05) is 27.9 Å². The first kappa shape index (κ1) is 13.7. The summed E-state index contributed by atoms with van der Waals surface area (Å²) in [5.41, 5.74) is 4.58. The Morgan fingerprint density at radius 1 is 1.20 bits per heavy atom. The molecule has 0 unspecified atom stereocenters. The molecule has 104 valence electrons. The van der Waals surface area contributed by atoms with Gasteiger partial charge >= 0.3 is 0 Å². The number of aromatic nitrogens is 1. The molecule has 0 N–H and O–H groups in total. The minimum absolute atomic E-state index is 0.955. The van der Waals surface area contributed by atoms with Crippen LogP contribution in [0.15, 0.2) is 35.2 Å². The molecule has 1 aromatic carbocycles. The van der Waals surface area contributed by atoms with Gasteiger partial charge in [0.15, 0.2) is 0 Å². The molecule has 0 aliphatic rings. The number of likely N-dealkylation sites (N-methyl/N-ethyl adjacent to an activating group) is 1. The molecular formula is C16H18N2S2. The quantitative estimate of drug-likeness (QED) is 0.707. The van der Waals surface area contributed by atoms with E-state index >= 15 is 0 Å². The summed E-state index contributed by atoms with van der Waals surface area (Å²) in [7, 11) is 4.26. The van der Waals surface area contributed by atoms with E-state index in [1.165, 1.54) is 26.2 Å². The summed E-state index contributed by atoms with van der Waals surface area (Å²) in [4.78, 5) is 8.20. The Balaban J connectivity index is 1.99. The lowest BCUT2D eigenvalue weighted by Crippen LogP contribution is -2.15. The predicted molar refractivity (Wildman–Crippen MR) is 89.0 cm³/mol. The molecule has 0 fully saturated rings. The second-order valence-electron chi connectivity index (χ2n) is 5.21. The normalized spacial score (nSPS) is 11.6. The summed E-state index contributed by atoms with van der Waals surface area (Å²) in [6, 6.07) is 8.73. The Morgan fingerprint density at radius 3 is 2.80 bits per heavy atom. The molecular weight excluding hydrogens is 284 g/mol. The smallest absolute Gasteiger partial charge is 0.0794 e. The molecule has 2 heterocycles. The molecule has 0 bridgehead atoms. The van der Waals surface area contributed by atoms with Crippen LogP contribution >= 0.6 is 22.7 Å². The summed E-state index contributed by atoms with van der Waals surface area (Å²) in [5.74, 6) is 0. The van der Waals surface area contributed by atoms with Gasteiger partial charge in [-0.15, -0.1) is 22.7 Å². The summed E-state index contributed by atoms with van der Waals surface area (Å²) < 4.78 is 1.39. The first-order chi connectivity index (χ1) is 9.74. The van der Waals surface area contributed by atoms with Crippen LogP contribution in [0, 0.1) is 0 Å². The number of benzene rings is 1. The second-order valence-corrected chi connectivity index (χ2v) is 7.07. The van der Waals surface area contributed by atoms with E-state index in [9.17, 15) is 0 Å². The van der Waals surface area contributed by atoms with Gasteiger partial charge in [-0.2, -0.15) is 0 Å². The Kier molecular flexibility index (Phi) is 4.15. The van der Waals surface area contributed by atoms with Gasteiger partial charge in [-0.1, -0.05) is 18.2 Å². The van der Waals surface area contributed by atoms with Gasteiger partial charge < -0.3 is 4.90 Å². The maximum atomic E-state index is 4.45. The highest BCUT2D eigenvalue weighted by Gasteiger charge is 2.13. The molecule has 2 aromatic heterocycles. The van der Waals surface area contributed by atoms with Crippen molar-refractivity contribution in [2.24, 2.45) is 0 Å². The van der Waals surface area contributed by atoms with E-state index in [0.717, 1.165) is 19.4 Å². The number of thiazole rings is 1. The van der Waals surface area contributed by atoms with Crippen LogP contribution in [0.2, 0.25) is 0 Å². The van der Waals surface area contributed by atoms with Crippen LogP contribution in [0.1, 0.15) is 16.1 Å². The van der Waals surface area contributed by atoms with Gasteiger partial charge in [-0.25, -0.2) is 4.98 Å². The van der Waals surface area contributed by atoms with E-state index in [1.807, 2.05) is 16.8 Å². The van der Waals surface area contributed by atoms with Crippen LogP contribution in [0.4, 0.5) is 0 Å². The Bertz CT molecular complexity index is 684. The van der Waals surface area contributed by atoms with Crippen molar-refractivity contribution in [3.05, 3.63) is 51.3 Å². The van der Waals surface area contributed by atoms with Gasteiger partial charge in [0.05, 0.1) is 11.2 Å². The molecule has 0 atom stereocenters. The zero-order valence-electron chi connectivity index (χ0n) is 11.8. The number of hydrogen-bond donors (Lipinski definition) is 0. The first-order valence-corrected chi connectivity index (χ1v) is 8.51. The van der Waals surface area contributed by atoms with Crippen molar-refractivity contribution in [1.82, 2.24) is 9.88 Å². The van der Waals surface area contributed by atoms with Gasteiger partial charge in [-0.3, -0.25) is 0 Å². The number of nitrogens with zero attached hydrogens (tertiary/aromatic N) is 2. The molecule has 0 spiro atoms. The van der Waals surface area contributed by atoms with Crippen LogP contribution in [0.5, 0.6) is 0 Å². The maximum absolute atomic E-state index is 4.45. The fourth-order valence-corrected chi connectivity index (χ4v) is 4.15. The summed E-state index contributed by atoms with van der Waals surface area (Å²) in [6.45, 7) is 1.09. The van der Waals surface area contributed by atoms with Crippen molar-refractivity contribution < 1.29 is 0 Å². The molecule has 2 nitrogen and oxygen atoms in total. The molecule has 0 saturated heterocycles. The third-order valence-electron chi connectivity index (χ3n) is 3.41. The fourth-order valence-electron chi connectivity index (χ4n) is 2.38. The summed E-state index contributed by atoms with van der Waals surface area (Å²) >= 11 is 3.61. The third kappa shape index (κ3) is 2.92. The minimum atomic E-state index is 0.955. The average Bonchev–Trinajstić information content (AvgIpc) is 3.05. The van der Waals surface area contributed by atoms with Gasteiger partial charge in [0.2, 0.25) is 0 Å². The molecule has 0 saturated carbocycles. The number of fused-ring (bicyclic) bond motifs is 1. The highest BCUT2D eigenvalue weighted by molar-refractivity contribution is 7.19. The monoisotopic (exact) mass is 302 g/mol. The molecule has 3 rings (SSSR count). The molecule has 20 heavy (non-hydrogen) atoms. The predicted octanol–water partition coefficient (Wildman–Crippen LogP) is 4.05. The molecule has 0 aliphatic carbocycles. The highest BCUT2D eigenvalue weighted by atomic mass is 32.1. The van der Waals surface area contributed by atoms with E-state index in [0.29, 0.717) is 0 Å². The largest absolute Gasteiger partial charge is 0.309 e. The standard InChI is InChI=1S/C16H18N2S2/c1-18(2)8-7-16-14(9-12-10-19-11-17-12)13-5-3-4-6-15(13)20-16/h3-6,10-11H,7-9H2,1-2H3. The van der Waals surface area contributed by atoms with E-state index < -0.39 is 0 Å². The fraction of sp³-hybridized carbons (Fsp3) is 0.312. The molecule has 0 radical (unpaired) electrons. The van der Waals surface area contributed by atoms with Crippen molar-refractivity contribution in [2.75, 3.05) is 20.6 Å². The number of hydrogen-bond acceptors (Lipinski definition) is 4. The van der Waals surface area contributed by atoms with Crippen LogP contribution in [-0.2, 0) is 12.8 Å². The zero-order chi connectivity index (χ0) is 13.9. The van der Waals surface area contributed by atoms with E-state index in [-0.39, 0.29) is 0 Å². The zero-order valence-corrected chi connectivity index (χ0v) is 13.4. The topological polar surface area (TPSA) is 16.1 Å². The lowest BCUT2D eigenvalue weighted by atomic mass is 10.0. The minimum Gasteiger partial charge on any atom is -0.309 e. The Hall–Kier alpha value is -1.23. The van der Waals surface area contributed by atoms with Gasteiger partial charge in [-0.05, 0) is 37.5 Å². The molecule has 0 amide bonds. The van der Waals surface area contributed by atoms with Crippen LogP contribution in [-0.4, -0.2) is 30.5 Å².